The molecule has 0 aliphatic carbocycles. The summed E-state index contributed by atoms with van der Waals surface area (Å²) in [5, 5.41) is 7.72. The molecule has 0 bridgehead atoms. The SMILES string of the molecule is CCNC(=NCc1ccnc2ccccc12)NCc1coc(-c2ccccc2)n1.I. The van der Waals surface area contributed by atoms with E-state index in [1.807, 2.05) is 67.7 Å². The molecule has 0 saturated heterocycles. The smallest absolute Gasteiger partial charge is 0.226 e. The number of oxazole rings is 1. The minimum absolute atomic E-state index is 0. The second kappa shape index (κ2) is 10.7. The van der Waals surface area contributed by atoms with Crippen LogP contribution >= 0.6 is 24.0 Å². The highest BCUT2D eigenvalue weighted by molar-refractivity contribution is 14.0. The molecule has 0 atom stereocenters. The number of rotatable bonds is 6. The van der Waals surface area contributed by atoms with Gasteiger partial charge < -0.3 is 15.1 Å². The van der Waals surface area contributed by atoms with E-state index >= 15 is 0 Å². The molecule has 2 heterocycles. The monoisotopic (exact) mass is 513 g/mol. The van der Waals surface area contributed by atoms with Gasteiger partial charge in [0.1, 0.15) is 6.26 Å². The molecule has 0 fully saturated rings. The van der Waals surface area contributed by atoms with Crippen LogP contribution in [0.1, 0.15) is 18.2 Å². The lowest BCUT2D eigenvalue weighted by atomic mass is 10.1. The number of nitrogens with zero attached hydrogens (tertiary/aromatic N) is 3. The lowest BCUT2D eigenvalue weighted by Crippen LogP contribution is -2.36. The normalized spacial score (nSPS) is 11.2. The van der Waals surface area contributed by atoms with Crippen molar-refractivity contribution in [2.45, 2.75) is 20.0 Å². The van der Waals surface area contributed by atoms with Gasteiger partial charge in [0.25, 0.3) is 0 Å². The quantitative estimate of drug-likeness (QED) is 0.221. The molecule has 0 unspecified atom stereocenters. The van der Waals surface area contributed by atoms with E-state index in [1.54, 1.807) is 6.26 Å². The van der Waals surface area contributed by atoms with Gasteiger partial charge >= 0.3 is 0 Å². The first-order chi connectivity index (χ1) is 14.3. The van der Waals surface area contributed by atoms with Crippen LogP contribution in [0.15, 0.2) is 82.5 Å². The van der Waals surface area contributed by atoms with Crippen LogP contribution in [0.2, 0.25) is 0 Å². The number of hydrogen-bond acceptors (Lipinski definition) is 4. The van der Waals surface area contributed by atoms with E-state index in [0.717, 1.165) is 40.2 Å². The number of nitrogens with one attached hydrogen (secondary N) is 2. The van der Waals surface area contributed by atoms with Crippen LogP contribution in [0.4, 0.5) is 0 Å². The van der Waals surface area contributed by atoms with Crippen molar-refractivity contribution in [2.24, 2.45) is 4.99 Å². The van der Waals surface area contributed by atoms with Crippen LogP contribution in [0, 0.1) is 0 Å². The van der Waals surface area contributed by atoms with Crippen molar-refractivity contribution < 1.29 is 4.42 Å². The number of benzene rings is 2. The highest BCUT2D eigenvalue weighted by atomic mass is 127. The Morgan fingerprint density at radius 1 is 1.00 bits per heavy atom. The van der Waals surface area contributed by atoms with E-state index in [1.165, 1.54) is 0 Å². The summed E-state index contributed by atoms with van der Waals surface area (Å²) < 4.78 is 5.60. The average molecular weight is 513 g/mol. The van der Waals surface area contributed by atoms with Crippen LogP contribution in [-0.2, 0) is 13.1 Å². The molecule has 30 heavy (non-hydrogen) atoms. The van der Waals surface area contributed by atoms with Crippen molar-refractivity contribution in [2.75, 3.05) is 6.54 Å². The third-order valence-corrected chi connectivity index (χ3v) is 4.50. The zero-order valence-corrected chi connectivity index (χ0v) is 19.0. The van der Waals surface area contributed by atoms with E-state index in [9.17, 15) is 0 Å². The molecule has 4 aromatic rings. The zero-order chi connectivity index (χ0) is 19.9. The lowest BCUT2D eigenvalue weighted by Gasteiger charge is -2.10. The Morgan fingerprint density at radius 3 is 2.63 bits per heavy atom. The molecule has 0 amide bonds. The van der Waals surface area contributed by atoms with E-state index in [4.69, 9.17) is 9.41 Å². The van der Waals surface area contributed by atoms with Gasteiger partial charge in [0.05, 0.1) is 24.3 Å². The first kappa shape index (κ1) is 21.8. The molecule has 2 aromatic heterocycles. The summed E-state index contributed by atoms with van der Waals surface area (Å²) in [6.07, 6.45) is 3.50. The summed E-state index contributed by atoms with van der Waals surface area (Å²) in [5.74, 6) is 1.35. The number of para-hydroxylation sites is 1. The van der Waals surface area contributed by atoms with Crippen molar-refractivity contribution in [3.8, 4) is 11.5 Å². The second-order valence-electron chi connectivity index (χ2n) is 6.55. The lowest BCUT2D eigenvalue weighted by molar-refractivity contribution is 0.572. The van der Waals surface area contributed by atoms with Crippen molar-refractivity contribution in [3.05, 3.63) is 84.4 Å². The molecule has 0 radical (unpaired) electrons. The van der Waals surface area contributed by atoms with Crippen LogP contribution in [0.3, 0.4) is 0 Å². The van der Waals surface area contributed by atoms with Gasteiger partial charge in [-0.1, -0.05) is 36.4 Å². The fourth-order valence-corrected chi connectivity index (χ4v) is 3.07. The maximum absolute atomic E-state index is 5.60. The standard InChI is InChI=1S/C23H23N5O.HI/c1-2-24-23(26-14-18-12-13-25-21-11-7-6-10-20(18)21)27-15-19-16-29-22(28-19)17-8-4-3-5-9-17;/h3-13,16H,2,14-15H2,1H3,(H2,24,26,27);1H. The Bertz CT molecular complexity index is 1110. The van der Waals surface area contributed by atoms with Gasteiger partial charge in [-0.05, 0) is 36.8 Å². The van der Waals surface area contributed by atoms with Crippen molar-refractivity contribution >= 4 is 40.8 Å². The fraction of sp³-hybridized carbons (Fsp3) is 0.174. The molecule has 4 rings (SSSR count). The number of aliphatic imine (C=N–C) groups is 1. The molecule has 0 saturated carbocycles. The number of halogens is 1. The minimum atomic E-state index is 0. The molecule has 0 aliphatic heterocycles. The van der Waals surface area contributed by atoms with E-state index in [-0.39, 0.29) is 24.0 Å². The largest absolute Gasteiger partial charge is 0.444 e. The summed E-state index contributed by atoms with van der Waals surface area (Å²) in [4.78, 5) is 13.7. The van der Waals surface area contributed by atoms with Crippen LogP contribution in [0.25, 0.3) is 22.4 Å². The predicted molar refractivity (Wildman–Crippen MR) is 131 cm³/mol. The van der Waals surface area contributed by atoms with Gasteiger partial charge in [-0.3, -0.25) is 4.98 Å². The molecule has 0 aliphatic rings. The van der Waals surface area contributed by atoms with E-state index in [0.29, 0.717) is 19.0 Å². The summed E-state index contributed by atoms with van der Waals surface area (Å²) in [6, 6.07) is 20.0. The Kier molecular flexibility index (Phi) is 7.78. The Hall–Kier alpha value is -2.94. The van der Waals surface area contributed by atoms with Gasteiger partial charge in [-0.15, -0.1) is 24.0 Å². The molecular formula is C23H24IN5O. The molecule has 2 N–H and O–H groups in total. The third kappa shape index (κ3) is 5.35. The van der Waals surface area contributed by atoms with Gasteiger partial charge in [-0.25, -0.2) is 9.98 Å². The Labute approximate surface area is 192 Å². The van der Waals surface area contributed by atoms with Crippen molar-refractivity contribution in [3.63, 3.8) is 0 Å². The van der Waals surface area contributed by atoms with E-state index < -0.39 is 0 Å². The summed E-state index contributed by atoms with van der Waals surface area (Å²) in [7, 11) is 0. The number of pyridine rings is 1. The summed E-state index contributed by atoms with van der Waals surface area (Å²) in [6.45, 7) is 3.91. The molecule has 6 nitrogen and oxygen atoms in total. The predicted octanol–water partition coefficient (Wildman–Crippen LogP) is 4.76. The van der Waals surface area contributed by atoms with Crippen molar-refractivity contribution in [1.29, 1.82) is 0 Å². The second-order valence-corrected chi connectivity index (χ2v) is 6.55. The first-order valence-electron chi connectivity index (χ1n) is 9.68. The molecule has 0 spiro atoms. The topological polar surface area (TPSA) is 75.3 Å². The number of aromatic nitrogens is 2. The maximum atomic E-state index is 5.60. The molecule has 7 heteroatoms. The van der Waals surface area contributed by atoms with Crippen LogP contribution in [-0.4, -0.2) is 22.5 Å². The molecular weight excluding hydrogens is 489 g/mol. The summed E-state index contributed by atoms with van der Waals surface area (Å²) >= 11 is 0. The van der Waals surface area contributed by atoms with Crippen molar-refractivity contribution in [1.82, 2.24) is 20.6 Å². The average Bonchev–Trinajstić information content (AvgIpc) is 3.25. The van der Waals surface area contributed by atoms with Gasteiger partial charge in [-0.2, -0.15) is 0 Å². The first-order valence-corrected chi connectivity index (χ1v) is 9.68. The Balaban J connectivity index is 0.00000256. The number of guanidine groups is 1. The fourth-order valence-electron chi connectivity index (χ4n) is 3.07. The summed E-state index contributed by atoms with van der Waals surface area (Å²) in [5.41, 5.74) is 3.91. The maximum Gasteiger partial charge on any atom is 0.226 e. The minimum Gasteiger partial charge on any atom is -0.444 e. The van der Waals surface area contributed by atoms with Crippen LogP contribution in [0.5, 0.6) is 0 Å². The molecule has 154 valence electrons. The number of hydrogen-bond donors (Lipinski definition) is 2. The highest BCUT2D eigenvalue weighted by Gasteiger charge is 2.07. The van der Waals surface area contributed by atoms with Gasteiger partial charge in [0.2, 0.25) is 5.89 Å². The van der Waals surface area contributed by atoms with E-state index in [2.05, 4.69) is 26.7 Å². The highest BCUT2D eigenvalue weighted by Crippen LogP contribution is 2.18. The third-order valence-electron chi connectivity index (χ3n) is 4.50. The van der Waals surface area contributed by atoms with Gasteiger partial charge in [0.15, 0.2) is 5.96 Å². The van der Waals surface area contributed by atoms with Gasteiger partial charge in [0, 0.05) is 23.7 Å². The zero-order valence-electron chi connectivity index (χ0n) is 16.7. The Morgan fingerprint density at radius 2 is 1.80 bits per heavy atom. The molecule has 2 aromatic carbocycles. The van der Waals surface area contributed by atoms with Crippen LogP contribution < -0.4 is 10.6 Å². The number of fused-ring (bicyclic) bond motifs is 1.